The number of imidazole rings is 1. The van der Waals surface area contributed by atoms with Crippen LogP contribution >= 0.6 is 0 Å². The molecule has 10 heteroatoms. The summed E-state index contributed by atoms with van der Waals surface area (Å²) in [5.74, 6) is -0.0342. The highest BCUT2D eigenvalue weighted by Crippen LogP contribution is 2.40. The van der Waals surface area contributed by atoms with Crippen LogP contribution in [0.1, 0.15) is 27.3 Å². The van der Waals surface area contributed by atoms with Gasteiger partial charge in [-0.25, -0.2) is 4.98 Å². The minimum atomic E-state index is -4.62. The Labute approximate surface area is 198 Å². The fourth-order valence-corrected chi connectivity index (χ4v) is 3.78. The fourth-order valence-electron chi connectivity index (χ4n) is 3.78. The largest absolute Gasteiger partial charge is 0.417 e. The van der Waals surface area contributed by atoms with Crippen LogP contribution < -0.4 is 11.1 Å². The van der Waals surface area contributed by atoms with Gasteiger partial charge in [0.15, 0.2) is 0 Å². The van der Waals surface area contributed by atoms with Crippen molar-refractivity contribution in [3.63, 3.8) is 0 Å². The number of carbonyl (C=O) groups excluding carboxylic acids is 1. The number of fused-ring (bicyclic) bond motifs is 1. The number of benzene rings is 3. The van der Waals surface area contributed by atoms with Gasteiger partial charge in [0.1, 0.15) is 18.5 Å². The number of aromatic nitrogens is 2. The summed E-state index contributed by atoms with van der Waals surface area (Å²) >= 11 is 0. The third-order valence-electron chi connectivity index (χ3n) is 5.56. The lowest BCUT2D eigenvalue weighted by Crippen LogP contribution is -2.12. The summed E-state index contributed by atoms with van der Waals surface area (Å²) in [6.45, 7) is 0.155. The van der Waals surface area contributed by atoms with Crippen molar-refractivity contribution in [2.45, 2.75) is 12.8 Å². The van der Waals surface area contributed by atoms with Crippen LogP contribution in [-0.2, 0) is 24.6 Å². The molecule has 0 saturated carbocycles. The predicted octanol–water partition coefficient (Wildman–Crippen LogP) is 5.11. The zero-order chi connectivity index (χ0) is 25.3. The van der Waals surface area contributed by atoms with Crippen LogP contribution in [0, 0.1) is 11.3 Å². The molecule has 1 amide bonds. The van der Waals surface area contributed by atoms with Gasteiger partial charge in [-0.1, -0.05) is 12.1 Å². The van der Waals surface area contributed by atoms with E-state index in [0.29, 0.717) is 16.9 Å². The zero-order valence-electron chi connectivity index (χ0n) is 18.8. The van der Waals surface area contributed by atoms with Gasteiger partial charge in [0.2, 0.25) is 0 Å². The van der Waals surface area contributed by atoms with Gasteiger partial charge in [-0.3, -0.25) is 4.79 Å². The molecular formula is C25H20F3N5O2. The summed E-state index contributed by atoms with van der Waals surface area (Å²) in [7, 11) is 3.12. The number of halogens is 3. The number of rotatable bonds is 5. The highest BCUT2D eigenvalue weighted by molar-refractivity contribution is 6.05. The number of hydrogen-bond donors (Lipinski definition) is 2. The number of nitriles is 1. The Morgan fingerprint density at radius 2 is 1.97 bits per heavy atom. The van der Waals surface area contributed by atoms with Crippen LogP contribution in [0.2, 0.25) is 0 Å². The molecule has 0 radical (unpaired) electrons. The second-order valence-corrected chi connectivity index (χ2v) is 7.85. The molecule has 0 fully saturated rings. The van der Waals surface area contributed by atoms with E-state index in [4.69, 9.17) is 15.7 Å². The number of aryl methyl sites for hydroxylation is 1. The van der Waals surface area contributed by atoms with Gasteiger partial charge >= 0.3 is 6.18 Å². The number of nitrogens with zero attached hydrogens (tertiary/aromatic N) is 3. The molecule has 4 aromatic rings. The van der Waals surface area contributed by atoms with Crippen LogP contribution in [0.4, 0.5) is 24.5 Å². The third kappa shape index (κ3) is 4.67. The third-order valence-corrected chi connectivity index (χ3v) is 5.56. The zero-order valence-corrected chi connectivity index (χ0v) is 18.8. The van der Waals surface area contributed by atoms with Crippen molar-refractivity contribution >= 4 is 28.3 Å². The maximum Gasteiger partial charge on any atom is 0.417 e. The van der Waals surface area contributed by atoms with E-state index < -0.39 is 17.6 Å². The van der Waals surface area contributed by atoms with E-state index in [2.05, 4.69) is 10.3 Å². The quantitative estimate of drug-likeness (QED) is 0.387. The van der Waals surface area contributed by atoms with Gasteiger partial charge < -0.3 is 20.4 Å². The first-order valence-corrected chi connectivity index (χ1v) is 10.4. The van der Waals surface area contributed by atoms with E-state index in [1.807, 2.05) is 6.07 Å². The minimum Gasteiger partial charge on any atom is -0.398 e. The van der Waals surface area contributed by atoms with Gasteiger partial charge in [0, 0.05) is 31.1 Å². The summed E-state index contributed by atoms with van der Waals surface area (Å²) in [4.78, 5) is 17.1. The molecule has 3 aromatic carbocycles. The van der Waals surface area contributed by atoms with Crippen LogP contribution in [-0.4, -0.2) is 22.6 Å². The predicted molar refractivity (Wildman–Crippen MR) is 125 cm³/mol. The standard InChI is InChI=1S/C25H20F3N5O2/c1-33-22-11-19(25(26,27)28)18(10-21(22)32-23(33)13-35-2)14-4-3-5-17(9-14)31-24(34)15-6-7-20(30)16(8-15)12-29/h3-11H,13,30H2,1-2H3,(H,31,34). The molecule has 0 aliphatic rings. The van der Waals surface area contributed by atoms with E-state index in [1.54, 1.807) is 23.7 Å². The SMILES string of the molecule is COCc1nc2cc(-c3cccc(NC(=O)c4ccc(N)c(C#N)c4)c3)c(C(F)(F)F)cc2n1C. The van der Waals surface area contributed by atoms with Gasteiger partial charge in [-0.2, -0.15) is 18.4 Å². The Balaban J connectivity index is 1.75. The van der Waals surface area contributed by atoms with Gasteiger partial charge in [0.25, 0.3) is 5.91 Å². The lowest BCUT2D eigenvalue weighted by Gasteiger charge is -2.15. The van der Waals surface area contributed by atoms with Crippen molar-refractivity contribution in [2.75, 3.05) is 18.2 Å². The topological polar surface area (TPSA) is 106 Å². The Hall–Kier alpha value is -4.36. The number of amides is 1. The molecule has 0 atom stereocenters. The van der Waals surface area contributed by atoms with Crippen molar-refractivity contribution < 1.29 is 22.7 Å². The molecule has 0 spiro atoms. The first-order chi connectivity index (χ1) is 16.6. The minimum absolute atomic E-state index is 0.0672. The number of hydrogen-bond acceptors (Lipinski definition) is 5. The number of nitrogens with two attached hydrogens (primary N) is 1. The summed E-state index contributed by atoms with van der Waals surface area (Å²) in [6.07, 6.45) is -4.62. The smallest absolute Gasteiger partial charge is 0.398 e. The van der Waals surface area contributed by atoms with Crippen LogP contribution in [0.3, 0.4) is 0 Å². The van der Waals surface area contributed by atoms with E-state index in [-0.39, 0.29) is 40.2 Å². The average Bonchev–Trinajstić information content (AvgIpc) is 3.13. The Kier molecular flexibility index (Phi) is 6.20. The van der Waals surface area contributed by atoms with Crippen molar-refractivity contribution in [3.8, 4) is 17.2 Å². The van der Waals surface area contributed by atoms with Gasteiger partial charge in [-0.05, 0) is 53.6 Å². The van der Waals surface area contributed by atoms with E-state index in [0.717, 1.165) is 6.07 Å². The number of alkyl halides is 3. The number of carbonyl (C=O) groups is 1. The first kappa shape index (κ1) is 23.8. The molecule has 3 N–H and O–H groups in total. The fraction of sp³-hybridized carbons (Fsp3) is 0.160. The van der Waals surface area contributed by atoms with Gasteiger partial charge in [0.05, 0.1) is 22.2 Å². The van der Waals surface area contributed by atoms with Crippen LogP contribution in [0.15, 0.2) is 54.6 Å². The molecule has 178 valence electrons. The van der Waals surface area contributed by atoms with E-state index in [9.17, 15) is 18.0 Å². The van der Waals surface area contributed by atoms with E-state index in [1.165, 1.54) is 43.5 Å². The second kappa shape index (κ2) is 9.12. The molecule has 0 aliphatic heterocycles. The first-order valence-electron chi connectivity index (χ1n) is 10.4. The molecule has 0 saturated heterocycles. The van der Waals surface area contributed by atoms with Crippen molar-refractivity contribution in [1.82, 2.24) is 9.55 Å². The molecule has 1 aromatic heterocycles. The van der Waals surface area contributed by atoms with Crippen molar-refractivity contribution in [2.24, 2.45) is 7.05 Å². The molecule has 4 rings (SSSR count). The summed E-state index contributed by atoms with van der Waals surface area (Å²) in [6, 6.07) is 14.7. The molecule has 7 nitrogen and oxygen atoms in total. The monoisotopic (exact) mass is 479 g/mol. The lowest BCUT2D eigenvalue weighted by atomic mass is 9.97. The maximum absolute atomic E-state index is 14.0. The lowest BCUT2D eigenvalue weighted by molar-refractivity contribution is -0.137. The Morgan fingerprint density at radius 1 is 1.20 bits per heavy atom. The second-order valence-electron chi connectivity index (χ2n) is 7.85. The molecule has 0 bridgehead atoms. The van der Waals surface area contributed by atoms with Crippen LogP contribution in [0.5, 0.6) is 0 Å². The Bertz CT molecular complexity index is 1490. The number of ether oxygens (including phenoxy) is 1. The van der Waals surface area contributed by atoms with Gasteiger partial charge in [-0.15, -0.1) is 0 Å². The summed E-state index contributed by atoms with van der Waals surface area (Å²) < 4.78 is 48.7. The highest BCUT2D eigenvalue weighted by Gasteiger charge is 2.35. The van der Waals surface area contributed by atoms with Crippen LogP contribution in [0.25, 0.3) is 22.2 Å². The number of nitrogens with one attached hydrogen (secondary N) is 1. The molecular weight excluding hydrogens is 459 g/mol. The summed E-state index contributed by atoms with van der Waals surface area (Å²) in [5.41, 5.74) is 6.65. The van der Waals surface area contributed by atoms with Crippen molar-refractivity contribution in [1.29, 1.82) is 5.26 Å². The molecule has 1 heterocycles. The maximum atomic E-state index is 14.0. The highest BCUT2D eigenvalue weighted by atomic mass is 19.4. The number of nitrogen functional groups attached to an aromatic ring is 1. The molecule has 35 heavy (non-hydrogen) atoms. The molecule has 0 unspecified atom stereocenters. The average molecular weight is 479 g/mol. The number of methoxy groups -OCH3 is 1. The normalized spacial score (nSPS) is 11.4. The summed E-state index contributed by atoms with van der Waals surface area (Å²) in [5, 5.41) is 11.8. The van der Waals surface area contributed by atoms with E-state index >= 15 is 0 Å². The molecule has 0 aliphatic carbocycles. The van der Waals surface area contributed by atoms with Crippen molar-refractivity contribution in [3.05, 3.63) is 77.1 Å². The Morgan fingerprint density at radius 3 is 2.66 bits per heavy atom. The number of anilines is 2.